The van der Waals surface area contributed by atoms with Gasteiger partial charge in [0, 0.05) is 23.1 Å². The average molecular weight is 400 g/mol. The summed E-state index contributed by atoms with van der Waals surface area (Å²) in [4.78, 5) is 9.27. The highest BCUT2D eigenvalue weighted by molar-refractivity contribution is 7.81. The first-order valence-corrected chi connectivity index (χ1v) is 9.89. The van der Waals surface area contributed by atoms with Crippen LogP contribution in [-0.4, -0.2) is 28.7 Å². The Balaban J connectivity index is 1.61. The maximum absolute atomic E-state index is 5.82. The zero-order chi connectivity index (χ0) is 19.1. The number of hydrogen-bond acceptors (Lipinski definition) is 6. The summed E-state index contributed by atoms with van der Waals surface area (Å²) in [7, 11) is 1.58. The van der Waals surface area contributed by atoms with Gasteiger partial charge in [0.15, 0.2) is 5.13 Å². The lowest BCUT2D eigenvalue weighted by atomic mass is 10.1. The molecule has 0 unspecified atom stereocenters. The standard InChI is InChI=1S/C20H21N3O2S2/c1-14-13-27-20(21-14)23-19(26)16-11-17(24-2)22-18(12-16)25-10-6-9-15-7-4-3-5-8-15/h3-5,7-8,11-13H,6,9-10H2,1-2H3,(H,21,23,26). The molecule has 7 heteroatoms. The summed E-state index contributed by atoms with van der Waals surface area (Å²) in [5, 5.41) is 5.88. The summed E-state index contributed by atoms with van der Waals surface area (Å²) < 4.78 is 11.1. The minimum atomic E-state index is 0.463. The number of benzene rings is 1. The first-order chi connectivity index (χ1) is 13.1. The van der Waals surface area contributed by atoms with Crippen LogP contribution in [0.5, 0.6) is 11.8 Å². The molecule has 0 radical (unpaired) electrons. The number of anilines is 1. The van der Waals surface area contributed by atoms with Gasteiger partial charge in [-0.2, -0.15) is 4.98 Å². The van der Waals surface area contributed by atoms with Gasteiger partial charge in [-0.05, 0) is 25.3 Å². The van der Waals surface area contributed by atoms with Gasteiger partial charge in [-0.1, -0.05) is 42.5 Å². The van der Waals surface area contributed by atoms with Crippen molar-refractivity contribution in [3.63, 3.8) is 0 Å². The van der Waals surface area contributed by atoms with E-state index in [0.29, 0.717) is 23.4 Å². The number of hydrogen-bond donors (Lipinski definition) is 1. The minimum Gasteiger partial charge on any atom is -0.481 e. The fraction of sp³-hybridized carbons (Fsp3) is 0.250. The highest BCUT2D eigenvalue weighted by atomic mass is 32.1. The van der Waals surface area contributed by atoms with Crippen molar-refractivity contribution < 1.29 is 9.47 Å². The smallest absolute Gasteiger partial charge is 0.217 e. The van der Waals surface area contributed by atoms with Gasteiger partial charge in [-0.3, -0.25) is 0 Å². The second-order valence-electron chi connectivity index (χ2n) is 5.92. The first kappa shape index (κ1) is 19.3. The van der Waals surface area contributed by atoms with E-state index in [0.717, 1.165) is 29.2 Å². The van der Waals surface area contributed by atoms with Crippen molar-refractivity contribution in [1.82, 2.24) is 9.97 Å². The number of nitrogens with one attached hydrogen (secondary N) is 1. The number of nitrogens with zero attached hydrogens (tertiary/aromatic N) is 2. The molecule has 0 aliphatic carbocycles. The van der Waals surface area contributed by atoms with Gasteiger partial charge in [-0.25, -0.2) is 4.98 Å². The molecule has 3 rings (SSSR count). The molecule has 3 aromatic rings. The Morgan fingerprint density at radius 3 is 2.63 bits per heavy atom. The van der Waals surface area contributed by atoms with Crippen molar-refractivity contribution in [1.29, 1.82) is 0 Å². The van der Waals surface area contributed by atoms with Crippen LogP contribution in [0.25, 0.3) is 0 Å². The molecule has 0 aliphatic rings. The van der Waals surface area contributed by atoms with Crippen molar-refractivity contribution >= 4 is 33.7 Å². The molecule has 0 saturated carbocycles. The largest absolute Gasteiger partial charge is 0.481 e. The van der Waals surface area contributed by atoms with E-state index >= 15 is 0 Å². The number of pyridine rings is 1. The number of aromatic nitrogens is 2. The van der Waals surface area contributed by atoms with Gasteiger partial charge >= 0.3 is 0 Å². The molecule has 0 aliphatic heterocycles. The third kappa shape index (κ3) is 5.74. The van der Waals surface area contributed by atoms with Crippen molar-refractivity contribution in [3.05, 3.63) is 64.7 Å². The van der Waals surface area contributed by atoms with Crippen LogP contribution in [0.1, 0.15) is 23.2 Å². The van der Waals surface area contributed by atoms with Crippen molar-refractivity contribution in [2.75, 3.05) is 19.0 Å². The number of rotatable bonds is 8. The van der Waals surface area contributed by atoms with E-state index in [-0.39, 0.29) is 0 Å². The Morgan fingerprint density at radius 1 is 1.15 bits per heavy atom. The van der Waals surface area contributed by atoms with E-state index in [1.807, 2.05) is 36.6 Å². The molecule has 0 fully saturated rings. The molecule has 1 aromatic carbocycles. The quantitative estimate of drug-likeness (QED) is 0.439. The molecule has 1 N–H and O–H groups in total. The zero-order valence-electron chi connectivity index (χ0n) is 15.3. The third-order valence-electron chi connectivity index (χ3n) is 3.79. The molecule has 2 aromatic heterocycles. The van der Waals surface area contributed by atoms with E-state index in [9.17, 15) is 0 Å². The zero-order valence-corrected chi connectivity index (χ0v) is 16.9. The summed E-state index contributed by atoms with van der Waals surface area (Å²) in [5.41, 5.74) is 3.03. The summed E-state index contributed by atoms with van der Waals surface area (Å²) in [6.07, 6.45) is 1.86. The number of aryl methyl sites for hydroxylation is 2. The predicted octanol–water partition coefficient (Wildman–Crippen LogP) is 4.65. The molecule has 0 atom stereocenters. The number of thiocarbonyl (C=S) groups is 1. The highest BCUT2D eigenvalue weighted by Gasteiger charge is 2.10. The Hall–Kier alpha value is -2.51. The van der Waals surface area contributed by atoms with Crippen molar-refractivity contribution in [3.8, 4) is 11.8 Å². The van der Waals surface area contributed by atoms with Gasteiger partial charge in [0.25, 0.3) is 0 Å². The van der Waals surface area contributed by atoms with Crippen LogP contribution in [0.3, 0.4) is 0 Å². The van der Waals surface area contributed by atoms with Crippen LogP contribution < -0.4 is 14.8 Å². The minimum absolute atomic E-state index is 0.463. The van der Waals surface area contributed by atoms with E-state index in [1.165, 1.54) is 16.9 Å². The maximum Gasteiger partial charge on any atom is 0.217 e. The Kier molecular flexibility index (Phi) is 6.73. The van der Waals surface area contributed by atoms with Crippen molar-refractivity contribution in [2.24, 2.45) is 0 Å². The van der Waals surface area contributed by atoms with E-state index < -0.39 is 0 Å². The molecule has 5 nitrogen and oxygen atoms in total. The Bertz CT molecular complexity index is 897. The average Bonchev–Trinajstić information content (AvgIpc) is 3.10. The number of thiazole rings is 1. The lowest BCUT2D eigenvalue weighted by molar-refractivity contribution is 0.292. The van der Waals surface area contributed by atoms with E-state index in [4.69, 9.17) is 21.7 Å². The second-order valence-corrected chi connectivity index (χ2v) is 7.19. The summed E-state index contributed by atoms with van der Waals surface area (Å²) in [6, 6.07) is 14.0. The predicted molar refractivity (Wildman–Crippen MR) is 113 cm³/mol. The van der Waals surface area contributed by atoms with Gasteiger partial charge in [0.1, 0.15) is 4.99 Å². The summed E-state index contributed by atoms with van der Waals surface area (Å²) in [6.45, 7) is 2.52. The highest BCUT2D eigenvalue weighted by Crippen LogP contribution is 2.21. The van der Waals surface area contributed by atoms with Crippen LogP contribution in [-0.2, 0) is 6.42 Å². The normalized spacial score (nSPS) is 10.4. The molecular formula is C20H21N3O2S2. The van der Waals surface area contributed by atoms with Crippen LogP contribution in [0, 0.1) is 6.92 Å². The molecule has 0 amide bonds. The maximum atomic E-state index is 5.82. The molecule has 27 heavy (non-hydrogen) atoms. The summed E-state index contributed by atoms with van der Waals surface area (Å²) >= 11 is 7.01. The SMILES string of the molecule is COc1cc(C(=S)Nc2nc(C)cs2)cc(OCCCc2ccccc2)n1. The third-order valence-corrected chi connectivity index (χ3v) is 5.01. The van der Waals surface area contributed by atoms with E-state index in [2.05, 4.69) is 27.4 Å². The van der Waals surface area contributed by atoms with Gasteiger partial charge in [0.2, 0.25) is 11.8 Å². The monoisotopic (exact) mass is 399 g/mol. The molecule has 2 heterocycles. The Morgan fingerprint density at radius 2 is 1.93 bits per heavy atom. The first-order valence-electron chi connectivity index (χ1n) is 8.60. The molecule has 0 bridgehead atoms. The topological polar surface area (TPSA) is 56.3 Å². The summed E-state index contributed by atoms with van der Waals surface area (Å²) in [5.74, 6) is 0.960. The number of ether oxygens (including phenoxy) is 2. The van der Waals surface area contributed by atoms with Crippen LogP contribution >= 0.6 is 23.6 Å². The van der Waals surface area contributed by atoms with Crippen molar-refractivity contribution in [2.45, 2.75) is 19.8 Å². The number of methoxy groups -OCH3 is 1. The van der Waals surface area contributed by atoms with Gasteiger partial charge in [0.05, 0.1) is 19.4 Å². The molecular weight excluding hydrogens is 378 g/mol. The lowest BCUT2D eigenvalue weighted by Gasteiger charge is -2.11. The Labute approximate surface area is 168 Å². The van der Waals surface area contributed by atoms with Crippen LogP contribution in [0.15, 0.2) is 47.8 Å². The van der Waals surface area contributed by atoms with E-state index in [1.54, 1.807) is 13.2 Å². The molecule has 140 valence electrons. The fourth-order valence-corrected chi connectivity index (χ4v) is 3.44. The molecule has 0 spiro atoms. The second kappa shape index (κ2) is 9.43. The van der Waals surface area contributed by atoms with Gasteiger partial charge in [-0.15, -0.1) is 11.3 Å². The lowest BCUT2D eigenvalue weighted by Crippen LogP contribution is -2.12. The van der Waals surface area contributed by atoms with Gasteiger partial charge < -0.3 is 14.8 Å². The fourth-order valence-electron chi connectivity index (χ4n) is 2.47. The molecule has 0 saturated heterocycles. The van der Waals surface area contributed by atoms with Crippen LogP contribution in [0.2, 0.25) is 0 Å². The van der Waals surface area contributed by atoms with Crippen LogP contribution in [0.4, 0.5) is 5.13 Å².